The van der Waals surface area contributed by atoms with Crippen molar-refractivity contribution in [3.8, 4) is 0 Å². The molecule has 1 aromatic heterocycles. The van der Waals surface area contributed by atoms with Gasteiger partial charge < -0.3 is 20.8 Å². The van der Waals surface area contributed by atoms with E-state index in [1.54, 1.807) is 10.9 Å². The van der Waals surface area contributed by atoms with E-state index in [2.05, 4.69) is 15.7 Å². The van der Waals surface area contributed by atoms with E-state index in [9.17, 15) is 14.4 Å². The van der Waals surface area contributed by atoms with Gasteiger partial charge in [-0.15, -0.1) is 0 Å². The number of aliphatic carboxylic acids is 2. The molecular formula is C10H14N4O5. The molecule has 0 aliphatic carbocycles. The van der Waals surface area contributed by atoms with Crippen molar-refractivity contribution in [1.29, 1.82) is 0 Å². The summed E-state index contributed by atoms with van der Waals surface area (Å²) >= 11 is 0. The topological polar surface area (TPSA) is 134 Å². The van der Waals surface area contributed by atoms with Crippen LogP contribution < -0.4 is 10.6 Å². The summed E-state index contributed by atoms with van der Waals surface area (Å²) in [6.07, 6.45) is 2.26. The predicted octanol–water partition coefficient (Wildman–Crippen LogP) is -0.0476. The van der Waals surface area contributed by atoms with Crippen LogP contribution in [-0.4, -0.2) is 44.0 Å². The number of hydrogen-bond acceptors (Lipinski definition) is 4. The molecule has 0 aliphatic rings. The molecule has 4 N–H and O–H groups in total. The Morgan fingerprint density at radius 2 is 2.11 bits per heavy atom. The van der Waals surface area contributed by atoms with Crippen LogP contribution in [0, 0.1) is 0 Å². The maximum Gasteiger partial charge on any atom is 0.326 e. The molecule has 9 heteroatoms. The number of anilines is 1. The van der Waals surface area contributed by atoms with E-state index in [1.165, 1.54) is 6.20 Å². The minimum absolute atomic E-state index is 0.388. The number of hydrogen-bond donors (Lipinski definition) is 4. The maximum atomic E-state index is 11.5. The summed E-state index contributed by atoms with van der Waals surface area (Å²) in [6.45, 7) is 2.49. The lowest BCUT2D eigenvalue weighted by atomic mass is 10.2. The average Bonchev–Trinajstić information content (AvgIpc) is 2.75. The van der Waals surface area contributed by atoms with Gasteiger partial charge in [0.1, 0.15) is 6.04 Å². The molecule has 1 unspecified atom stereocenters. The Morgan fingerprint density at radius 1 is 1.42 bits per heavy atom. The first-order valence-corrected chi connectivity index (χ1v) is 5.47. The van der Waals surface area contributed by atoms with E-state index in [4.69, 9.17) is 10.2 Å². The third kappa shape index (κ3) is 4.66. The number of urea groups is 1. The molecular weight excluding hydrogens is 256 g/mol. The fourth-order valence-corrected chi connectivity index (χ4v) is 1.30. The lowest BCUT2D eigenvalue weighted by molar-refractivity contribution is -0.145. The van der Waals surface area contributed by atoms with Gasteiger partial charge in [-0.3, -0.25) is 9.48 Å². The van der Waals surface area contributed by atoms with Gasteiger partial charge in [0.05, 0.1) is 18.3 Å². The fraction of sp³-hybridized carbons (Fsp3) is 0.400. The minimum atomic E-state index is -1.49. The lowest BCUT2D eigenvalue weighted by Crippen LogP contribution is -2.44. The number of carboxylic acids is 2. The van der Waals surface area contributed by atoms with Crippen LogP contribution >= 0.6 is 0 Å². The van der Waals surface area contributed by atoms with Crippen LogP contribution in [-0.2, 0) is 16.1 Å². The molecule has 0 bridgehead atoms. The normalized spacial score (nSPS) is 11.6. The number of aromatic nitrogens is 2. The number of carboxylic acid groups (broad SMARTS) is 2. The highest BCUT2D eigenvalue weighted by atomic mass is 16.4. The Kier molecular flexibility index (Phi) is 4.86. The largest absolute Gasteiger partial charge is 0.481 e. The van der Waals surface area contributed by atoms with Crippen molar-refractivity contribution in [1.82, 2.24) is 15.1 Å². The fourth-order valence-electron chi connectivity index (χ4n) is 1.30. The van der Waals surface area contributed by atoms with E-state index in [1.807, 2.05) is 6.92 Å². The highest BCUT2D eigenvalue weighted by molar-refractivity contribution is 5.93. The van der Waals surface area contributed by atoms with Crippen LogP contribution in [0.2, 0.25) is 0 Å². The number of nitrogens with one attached hydrogen (secondary N) is 2. The number of aryl methyl sites for hydroxylation is 1. The molecule has 0 saturated carbocycles. The summed E-state index contributed by atoms with van der Waals surface area (Å²) in [5.41, 5.74) is 0.388. The first-order valence-electron chi connectivity index (χ1n) is 5.47. The molecule has 0 radical (unpaired) electrons. The number of rotatable bonds is 6. The van der Waals surface area contributed by atoms with E-state index < -0.39 is 30.4 Å². The summed E-state index contributed by atoms with van der Waals surface area (Å²) < 4.78 is 1.57. The molecule has 1 heterocycles. The van der Waals surface area contributed by atoms with Gasteiger partial charge in [0, 0.05) is 12.7 Å². The maximum absolute atomic E-state index is 11.5. The van der Waals surface area contributed by atoms with Crippen LogP contribution in [0.15, 0.2) is 12.4 Å². The van der Waals surface area contributed by atoms with Crippen LogP contribution in [0.25, 0.3) is 0 Å². The molecule has 1 rings (SSSR count). The average molecular weight is 270 g/mol. The second kappa shape index (κ2) is 6.38. The molecule has 1 aromatic rings. The van der Waals surface area contributed by atoms with Gasteiger partial charge in [-0.25, -0.2) is 9.59 Å². The predicted molar refractivity (Wildman–Crippen MR) is 63.7 cm³/mol. The lowest BCUT2D eigenvalue weighted by Gasteiger charge is -2.12. The Hall–Kier alpha value is -2.58. The highest BCUT2D eigenvalue weighted by Crippen LogP contribution is 2.04. The van der Waals surface area contributed by atoms with Crippen molar-refractivity contribution in [2.45, 2.75) is 25.9 Å². The zero-order chi connectivity index (χ0) is 14.4. The molecule has 0 aliphatic heterocycles. The van der Waals surface area contributed by atoms with E-state index in [0.717, 1.165) is 0 Å². The van der Waals surface area contributed by atoms with E-state index in [-0.39, 0.29) is 0 Å². The zero-order valence-electron chi connectivity index (χ0n) is 10.2. The van der Waals surface area contributed by atoms with Crippen molar-refractivity contribution in [2.24, 2.45) is 0 Å². The van der Waals surface area contributed by atoms with Gasteiger partial charge >= 0.3 is 18.0 Å². The standard InChI is InChI=1S/C10H14N4O5/c1-2-14-5-6(4-11-14)12-10(19)13-7(9(17)18)3-8(15)16/h4-5,7H,2-3H2,1H3,(H,15,16)(H,17,18)(H2,12,13,19). The number of nitrogens with zero attached hydrogens (tertiary/aromatic N) is 2. The van der Waals surface area contributed by atoms with E-state index >= 15 is 0 Å². The van der Waals surface area contributed by atoms with Crippen molar-refractivity contribution < 1.29 is 24.6 Å². The molecule has 9 nitrogen and oxygen atoms in total. The summed E-state index contributed by atoms with van der Waals surface area (Å²) in [7, 11) is 0. The third-order valence-electron chi connectivity index (χ3n) is 2.20. The van der Waals surface area contributed by atoms with Crippen LogP contribution in [0.3, 0.4) is 0 Å². The van der Waals surface area contributed by atoms with E-state index in [0.29, 0.717) is 12.2 Å². The summed E-state index contributed by atoms with van der Waals surface area (Å²) in [5, 5.41) is 25.6. The van der Waals surface area contributed by atoms with Crippen LogP contribution in [0.1, 0.15) is 13.3 Å². The number of amides is 2. The molecule has 1 atom stereocenters. The summed E-state index contributed by atoms with van der Waals surface area (Å²) in [5.74, 6) is -2.73. The summed E-state index contributed by atoms with van der Waals surface area (Å²) in [4.78, 5) is 32.7. The molecule has 0 aromatic carbocycles. The molecule has 104 valence electrons. The molecule has 2 amide bonds. The molecule has 0 saturated heterocycles. The second-order valence-electron chi connectivity index (χ2n) is 3.67. The molecule has 0 fully saturated rings. The van der Waals surface area contributed by atoms with Gasteiger partial charge in [-0.2, -0.15) is 5.10 Å². The third-order valence-corrected chi connectivity index (χ3v) is 2.20. The van der Waals surface area contributed by atoms with Gasteiger partial charge in [0.25, 0.3) is 0 Å². The van der Waals surface area contributed by atoms with Crippen molar-refractivity contribution in [3.05, 3.63) is 12.4 Å². The van der Waals surface area contributed by atoms with Gasteiger partial charge in [-0.1, -0.05) is 0 Å². The highest BCUT2D eigenvalue weighted by Gasteiger charge is 2.23. The molecule has 0 spiro atoms. The summed E-state index contributed by atoms with van der Waals surface area (Å²) in [6, 6.07) is -2.29. The zero-order valence-corrected chi connectivity index (χ0v) is 10.2. The minimum Gasteiger partial charge on any atom is -0.481 e. The van der Waals surface area contributed by atoms with Crippen LogP contribution in [0.5, 0.6) is 0 Å². The Labute approximate surface area is 108 Å². The smallest absolute Gasteiger partial charge is 0.326 e. The SMILES string of the molecule is CCn1cc(NC(=O)NC(CC(=O)O)C(=O)O)cn1. The first-order chi connectivity index (χ1) is 8.92. The van der Waals surface area contributed by atoms with Crippen molar-refractivity contribution in [2.75, 3.05) is 5.32 Å². The van der Waals surface area contributed by atoms with Crippen molar-refractivity contribution >= 4 is 23.7 Å². The number of carbonyl (C=O) groups excluding carboxylic acids is 1. The second-order valence-corrected chi connectivity index (χ2v) is 3.67. The Bertz CT molecular complexity index is 484. The monoisotopic (exact) mass is 270 g/mol. The van der Waals surface area contributed by atoms with Gasteiger partial charge in [0.2, 0.25) is 0 Å². The number of carbonyl (C=O) groups is 3. The quantitative estimate of drug-likeness (QED) is 0.572. The van der Waals surface area contributed by atoms with Gasteiger partial charge in [0.15, 0.2) is 0 Å². The first kappa shape index (κ1) is 14.5. The molecule has 19 heavy (non-hydrogen) atoms. The van der Waals surface area contributed by atoms with Crippen LogP contribution in [0.4, 0.5) is 10.5 Å². The Morgan fingerprint density at radius 3 is 2.58 bits per heavy atom. The van der Waals surface area contributed by atoms with Crippen molar-refractivity contribution in [3.63, 3.8) is 0 Å². The Balaban J connectivity index is 2.57. The van der Waals surface area contributed by atoms with Gasteiger partial charge in [-0.05, 0) is 6.92 Å².